The first-order valence-corrected chi connectivity index (χ1v) is 12.0. The van der Waals surface area contributed by atoms with Gasteiger partial charge < -0.3 is 20.1 Å². The third-order valence-electron chi connectivity index (χ3n) is 6.48. The number of aryl methyl sites for hydroxylation is 3. The largest absolute Gasteiger partial charge is 0.367 e. The SMILES string of the molecule is CN=C(NCCCc1nnc2n1CCCCC2)NC1CCCN(c2cc(C)ccc2F)C1. The normalized spacial score (nSPS) is 19.4. The molecule has 2 N–H and O–H groups in total. The monoisotopic (exact) mass is 441 g/mol. The highest BCUT2D eigenvalue weighted by Gasteiger charge is 2.23. The van der Waals surface area contributed by atoms with Gasteiger partial charge in [-0.15, -0.1) is 10.2 Å². The summed E-state index contributed by atoms with van der Waals surface area (Å²) in [5.41, 5.74) is 1.78. The quantitative estimate of drug-likeness (QED) is 0.409. The van der Waals surface area contributed by atoms with Gasteiger partial charge in [-0.25, -0.2) is 4.39 Å². The van der Waals surface area contributed by atoms with Gasteiger partial charge in [0.15, 0.2) is 5.96 Å². The Morgan fingerprint density at radius 1 is 1.19 bits per heavy atom. The van der Waals surface area contributed by atoms with Gasteiger partial charge in [0.05, 0.1) is 5.69 Å². The molecule has 0 aliphatic carbocycles. The van der Waals surface area contributed by atoms with Crippen LogP contribution >= 0.6 is 0 Å². The number of anilines is 1. The van der Waals surface area contributed by atoms with Gasteiger partial charge in [0.1, 0.15) is 17.5 Å². The van der Waals surface area contributed by atoms with Crippen LogP contribution < -0.4 is 15.5 Å². The average Bonchev–Trinajstić information content (AvgIpc) is 3.03. The number of aliphatic imine (C=N–C) groups is 1. The lowest BCUT2D eigenvalue weighted by atomic mass is 10.0. The molecule has 1 aromatic carbocycles. The average molecular weight is 442 g/mol. The van der Waals surface area contributed by atoms with Crippen LogP contribution in [-0.2, 0) is 19.4 Å². The standard InChI is InChI=1S/C24H36FN7/c1-18-11-12-20(25)21(16-18)31-14-7-8-19(17-31)28-24(26-2)27-13-6-10-23-30-29-22-9-4-3-5-15-32(22)23/h11-12,16,19H,3-10,13-15,17H2,1-2H3,(H2,26,27,28). The topological polar surface area (TPSA) is 70.4 Å². The van der Waals surface area contributed by atoms with E-state index in [-0.39, 0.29) is 11.9 Å². The van der Waals surface area contributed by atoms with Crippen molar-refractivity contribution in [3.63, 3.8) is 0 Å². The fraction of sp³-hybridized carbons (Fsp3) is 0.625. The molecule has 1 aromatic heterocycles. The van der Waals surface area contributed by atoms with Gasteiger partial charge >= 0.3 is 0 Å². The lowest BCUT2D eigenvalue weighted by molar-refractivity contribution is 0.462. The molecule has 1 unspecified atom stereocenters. The molecule has 0 radical (unpaired) electrons. The Labute approximate surface area is 190 Å². The minimum atomic E-state index is -0.148. The minimum absolute atomic E-state index is 0.148. The molecule has 0 saturated carbocycles. The number of benzene rings is 1. The number of rotatable bonds is 6. The van der Waals surface area contributed by atoms with Crippen molar-refractivity contribution in [2.75, 3.05) is 31.6 Å². The zero-order valence-corrected chi connectivity index (χ0v) is 19.4. The summed E-state index contributed by atoms with van der Waals surface area (Å²) in [4.78, 5) is 6.54. The van der Waals surface area contributed by atoms with Crippen LogP contribution in [0.3, 0.4) is 0 Å². The molecule has 0 amide bonds. The van der Waals surface area contributed by atoms with E-state index < -0.39 is 0 Å². The molecular weight excluding hydrogens is 405 g/mol. The van der Waals surface area contributed by atoms with E-state index in [0.29, 0.717) is 5.69 Å². The third kappa shape index (κ3) is 5.58. The number of aromatic nitrogens is 3. The molecule has 0 bridgehead atoms. The zero-order valence-electron chi connectivity index (χ0n) is 19.4. The van der Waals surface area contributed by atoms with E-state index in [0.717, 1.165) is 81.5 Å². The molecule has 1 fully saturated rings. The second-order valence-corrected chi connectivity index (χ2v) is 8.98. The van der Waals surface area contributed by atoms with Gasteiger partial charge in [0.25, 0.3) is 0 Å². The molecule has 0 spiro atoms. The van der Waals surface area contributed by atoms with Crippen molar-refractivity contribution < 1.29 is 4.39 Å². The Hall–Kier alpha value is -2.64. The Kier molecular flexibility index (Phi) is 7.60. The van der Waals surface area contributed by atoms with Crippen LogP contribution in [0.5, 0.6) is 0 Å². The Bertz CT molecular complexity index is 923. The lowest BCUT2D eigenvalue weighted by Gasteiger charge is -2.35. The molecular formula is C24H36FN7. The van der Waals surface area contributed by atoms with Gasteiger partial charge in [-0.3, -0.25) is 4.99 Å². The molecule has 1 atom stereocenters. The van der Waals surface area contributed by atoms with Crippen molar-refractivity contribution in [1.82, 2.24) is 25.4 Å². The number of hydrogen-bond acceptors (Lipinski definition) is 4. The van der Waals surface area contributed by atoms with Gasteiger partial charge in [-0.2, -0.15) is 0 Å². The highest BCUT2D eigenvalue weighted by atomic mass is 19.1. The summed E-state index contributed by atoms with van der Waals surface area (Å²) in [7, 11) is 1.80. The number of piperidine rings is 1. The third-order valence-corrected chi connectivity index (χ3v) is 6.48. The molecule has 3 heterocycles. The number of fused-ring (bicyclic) bond motifs is 1. The summed E-state index contributed by atoms with van der Waals surface area (Å²) in [6.45, 7) is 5.53. The minimum Gasteiger partial charge on any atom is -0.367 e. The first-order chi connectivity index (χ1) is 15.6. The van der Waals surface area contributed by atoms with Crippen molar-refractivity contribution in [1.29, 1.82) is 0 Å². The summed E-state index contributed by atoms with van der Waals surface area (Å²) in [6.07, 6.45) is 8.74. The first-order valence-electron chi connectivity index (χ1n) is 12.0. The number of hydrogen-bond donors (Lipinski definition) is 2. The Morgan fingerprint density at radius 2 is 2.09 bits per heavy atom. The van der Waals surface area contributed by atoms with Gasteiger partial charge in [0.2, 0.25) is 0 Å². The maximum absolute atomic E-state index is 14.4. The van der Waals surface area contributed by atoms with Crippen LogP contribution in [0.1, 0.15) is 55.7 Å². The zero-order chi connectivity index (χ0) is 22.3. The maximum atomic E-state index is 14.4. The van der Waals surface area contributed by atoms with E-state index in [1.807, 2.05) is 19.1 Å². The van der Waals surface area contributed by atoms with Crippen molar-refractivity contribution in [2.45, 2.75) is 70.9 Å². The van der Waals surface area contributed by atoms with Crippen molar-refractivity contribution >= 4 is 11.6 Å². The molecule has 174 valence electrons. The van der Waals surface area contributed by atoms with E-state index >= 15 is 0 Å². The molecule has 2 aliphatic rings. The smallest absolute Gasteiger partial charge is 0.191 e. The fourth-order valence-electron chi connectivity index (χ4n) is 4.75. The molecule has 2 aromatic rings. The fourth-order valence-corrected chi connectivity index (χ4v) is 4.75. The van der Waals surface area contributed by atoms with Gasteiger partial charge in [-0.1, -0.05) is 12.5 Å². The van der Waals surface area contributed by atoms with Crippen LogP contribution in [0, 0.1) is 12.7 Å². The number of guanidine groups is 1. The van der Waals surface area contributed by atoms with E-state index in [2.05, 4.69) is 35.3 Å². The summed E-state index contributed by atoms with van der Waals surface area (Å²) in [6, 6.07) is 5.57. The maximum Gasteiger partial charge on any atom is 0.191 e. The van der Waals surface area contributed by atoms with Crippen LogP contribution in [0.15, 0.2) is 23.2 Å². The molecule has 32 heavy (non-hydrogen) atoms. The molecule has 8 heteroatoms. The summed E-state index contributed by atoms with van der Waals surface area (Å²) < 4.78 is 16.7. The molecule has 4 rings (SSSR count). The van der Waals surface area contributed by atoms with Gasteiger partial charge in [0, 0.05) is 52.1 Å². The van der Waals surface area contributed by atoms with E-state index in [4.69, 9.17) is 0 Å². The van der Waals surface area contributed by atoms with Crippen LogP contribution in [0.4, 0.5) is 10.1 Å². The number of nitrogens with one attached hydrogen (secondary N) is 2. The van der Waals surface area contributed by atoms with Crippen LogP contribution in [-0.4, -0.2) is 53.4 Å². The number of nitrogens with zero attached hydrogens (tertiary/aromatic N) is 5. The van der Waals surface area contributed by atoms with Crippen LogP contribution in [0.25, 0.3) is 0 Å². The van der Waals surface area contributed by atoms with Gasteiger partial charge in [-0.05, 0) is 56.7 Å². The predicted octanol–water partition coefficient (Wildman–Crippen LogP) is 3.22. The summed E-state index contributed by atoms with van der Waals surface area (Å²) in [5, 5.41) is 15.8. The molecule has 2 aliphatic heterocycles. The first kappa shape index (κ1) is 22.6. The lowest BCUT2D eigenvalue weighted by Crippen LogP contribution is -2.51. The van der Waals surface area contributed by atoms with Crippen molar-refractivity contribution in [2.24, 2.45) is 4.99 Å². The highest BCUT2D eigenvalue weighted by molar-refractivity contribution is 5.80. The Morgan fingerprint density at radius 3 is 2.97 bits per heavy atom. The van der Waals surface area contributed by atoms with Crippen molar-refractivity contribution in [3.05, 3.63) is 41.2 Å². The second-order valence-electron chi connectivity index (χ2n) is 8.98. The summed E-state index contributed by atoms with van der Waals surface area (Å²) >= 11 is 0. The summed E-state index contributed by atoms with van der Waals surface area (Å²) in [5.74, 6) is 2.91. The van der Waals surface area contributed by atoms with Crippen molar-refractivity contribution in [3.8, 4) is 0 Å². The highest BCUT2D eigenvalue weighted by Crippen LogP contribution is 2.24. The van der Waals surface area contributed by atoms with E-state index in [1.54, 1.807) is 13.1 Å². The second kappa shape index (κ2) is 10.8. The Balaban J connectivity index is 1.25. The molecule has 1 saturated heterocycles. The van der Waals surface area contributed by atoms with Crippen LogP contribution in [0.2, 0.25) is 0 Å². The van der Waals surface area contributed by atoms with E-state index in [9.17, 15) is 4.39 Å². The van der Waals surface area contributed by atoms with E-state index in [1.165, 1.54) is 19.3 Å². The number of halogens is 1. The predicted molar refractivity (Wildman–Crippen MR) is 127 cm³/mol. The molecule has 7 nitrogen and oxygen atoms in total.